The molecule has 0 spiro atoms. The van der Waals surface area contributed by atoms with Gasteiger partial charge in [-0.05, 0) is 0 Å². The third-order valence-electron chi connectivity index (χ3n) is 1.57. The normalized spacial score (nSPS) is 9.75. The van der Waals surface area contributed by atoms with Gasteiger partial charge in [-0.25, -0.2) is 0 Å². The molecule has 5 nitrogen and oxygen atoms in total. The molecule has 0 saturated heterocycles. The van der Waals surface area contributed by atoms with Gasteiger partial charge in [-0.3, -0.25) is 15.3 Å². The van der Waals surface area contributed by atoms with Crippen LogP contribution in [0.25, 0.3) is 0 Å². The van der Waals surface area contributed by atoms with Gasteiger partial charge in [0, 0.05) is 11.2 Å². The Bertz CT molecular complexity index is 312. The highest BCUT2D eigenvalue weighted by Gasteiger charge is 2.14. The monoisotopic (exact) mass is 169 g/mol. The molecule has 0 amide bonds. The van der Waals surface area contributed by atoms with E-state index in [1.165, 1.54) is 18.3 Å². The second-order valence-corrected chi connectivity index (χ2v) is 2.33. The van der Waals surface area contributed by atoms with E-state index in [0.29, 0.717) is 12.1 Å². The number of aromatic nitrogens is 1. The number of nitrogens with zero attached hydrogens (tertiary/aromatic N) is 2. The quantitative estimate of drug-likeness (QED) is 0.306. The van der Waals surface area contributed by atoms with Crippen molar-refractivity contribution < 1.29 is 14.9 Å². The average Bonchev–Trinajstić information content (AvgIpc) is 2.05. The summed E-state index contributed by atoms with van der Waals surface area (Å²) in [6.45, 7) is 1.81. The molecule has 0 radical (unpaired) electrons. The zero-order valence-corrected chi connectivity index (χ0v) is 6.60. The SMILES string of the molecule is CCc1cc([N+](=O)[O-])cc[n+]1O. The van der Waals surface area contributed by atoms with Crippen LogP contribution in [0.4, 0.5) is 5.69 Å². The lowest BCUT2D eigenvalue weighted by molar-refractivity contribution is -0.909. The van der Waals surface area contributed by atoms with E-state index < -0.39 is 4.92 Å². The number of pyridine rings is 1. The van der Waals surface area contributed by atoms with Crippen molar-refractivity contribution in [1.82, 2.24) is 0 Å². The van der Waals surface area contributed by atoms with Crippen LogP contribution in [0.5, 0.6) is 0 Å². The summed E-state index contributed by atoms with van der Waals surface area (Å²) >= 11 is 0. The zero-order chi connectivity index (χ0) is 9.14. The molecule has 0 aliphatic rings. The maximum Gasteiger partial charge on any atom is 0.282 e. The highest BCUT2D eigenvalue weighted by Crippen LogP contribution is 2.09. The molecule has 0 saturated carbocycles. The van der Waals surface area contributed by atoms with E-state index >= 15 is 0 Å². The largest absolute Gasteiger partial charge is 0.285 e. The summed E-state index contributed by atoms with van der Waals surface area (Å²) in [6.07, 6.45) is 1.81. The molecule has 12 heavy (non-hydrogen) atoms. The van der Waals surface area contributed by atoms with Gasteiger partial charge in [0.15, 0.2) is 0 Å². The molecule has 0 fully saturated rings. The summed E-state index contributed by atoms with van der Waals surface area (Å²) in [6, 6.07) is 2.60. The van der Waals surface area contributed by atoms with Gasteiger partial charge < -0.3 is 0 Å². The van der Waals surface area contributed by atoms with Crippen molar-refractivity contribution in [2.45, 2.75) is 13.3 Å². The fourth-order valence-corrected chi connectivity index (χ4v) is 0.905. The molecule has 0 bridgehead atoms. The molecule has 64 valence electrons. The van der Waals surface area contributed by atoms with Crippen LogP contribution < -0.4 is 4.73 Å². The lowest BCUT2D eigenvalue weighted by atomic mass is 10.3. The van der Waals surface area contributed by atoms with E-state index in [2.05, 4.69) is 0 Å². The van der Waals surface area contributed by atoms with Gasteiger partial charge in [0.25, 0.3) is 5.69 Å². The topological polar surface area (TPSA) is 67.2 Å². The van der Waals surface area contributed by atoms with Gasteiger partial charge in [-0.1, -0.05) is 6.92 Å². The maximum atomic E-state index is 10.3. The predicted molar refractivity (Wildman–Crippen MR) is 39.9 cm³/mol. The van der Waals surface area contributed by atoms with Crippen LogP contribution in [0.1, 0.15) is 12.6 Å². The number of aryl methyl sites for hydroxylation is 1. The second-order valence-electron chi connectivity index (χ2n) is 2.33. The highest BCUT2D eigenvalue weighted by molar-refractivity contribution is 5.26. The summed E-state index contributed by atoms with van der Waals surface area (Å²) < 4.78 is 0.882. The number of nitro groups is 1. The first-order valence-corrected chi connectivity index (χ1v) is 3.53. The molecular formula is C7H9N2O3+. The maximum absolute atomic E-state index is 10.3. The number of hydrogen-bond acceptors (Lipinski definition) is 3. The molecule has 1 aromatic heterocycles. The first-order valence-electron chi connectivity index (χ1n) is 3.53. The molecule has 1 N–H and O–H groups in total. The summed E-state index contributed by atoms with van der Waals surface area (Å²) in [5.74, 6) is 0. The van der Waals surface area contributed by atoms with Crippen LogP contribution in [0.2, 0.25) is 0 Å². The lowest BCUT2D eigenvalue weighted by Crippen LogP contribution is -2.34. The van der Waals surface area contributed by atoms with Crippen molar-refractivity contribution in [2.24, 2.45) is 0 Å². The Balaban J connectivity index is 3.13. The molecule has 1 heterocycles. The summed E-state index contributed by atoms with van der Waals surface area (Å²) in [4.78, 5) is 9.81. The Kier molecular flexibility index (Phi) is 2.23. The zero-order valence-electron chi connectivity index (χ0n) is 6.60. The van der Waals surface area contributed by atoms with Crippen LogP contribution in [-0.4, -0.2) is 10.1 Å². The van der Waals surface area contributed by atoms with Gasteiger partial charge in [0.1, 0.15) is 0 Å². The minimum absolute atomic E-state index is 0.00264. The van der Waals surface area contributed by atoms with Crippen molar-refractivity contribution in [2.75, 3.05) is 0 Å². The highest BCUT2D eigenvalue weighted by atomic mass is 16.6. The molecule has 0 aliphatic heterocycles. The van der Waals surface area contributed by atoms with Crippen LogP contribution in [0.3, 0.4) is 0 Å². The van der Waals surface area contributed by atoms with Crippen molar-refractivity contribution in [3.63, 3.8) is 0 Å². The van der Waals surface area contributed by atoms with Gasteiger partial charge in [0.05, 0.1) is 17.1 Å². The molecule has 5 heteroatoms. The summed E-state index contributed by atoms with van der Waals surface area (Å²) in [7, 11) is 0. The molecular weight excluding hydrogens is 160 g/mol. The average molecular weight is 169 g/mol. The van der Waals surface area contributed by atoms with Crippen LogP contribution in [0, 0.1) is 10.1 Å². The van der Waals surface area contributed by atoms with Crippen LogP contribution in [0.15, 0.2) is 18.3 Å². The first kappa shape index (κ1) is 8.45. The molecule has 0 aromatic carbocycles. The Hall–Kier alpha value is -1.65. The van der Waals surface area contributed by atoms with E-state index in [4.69, 9.17) is 5.21 Å². The van der Waals surface area contributed by atoms with Crippen molar-refractivity contribution in [1.29, 1.82) is 0 Å². The molecule has 1 aromatic rings. The van der Waals surface area contributed by atoms with E-state index in [1.807, 2.05) is 6.92 Å². The summed E-state index contributed by atoms with van der Waals surface area (Å²) in [5, 5.41) is 19.4. The van der Waals surface area contributed by atoms with E-state index in [1.54, 1.807) is 0 Å². The number of hydrogen-bond donors (Lipinski definition) is 1. The Morgan fingerprint density at radius 2 is 2.42 bits per heavy atom. The lowest BCUT2D eigenvalue weighted by Gasteiger charge is -1.92. The Morgan fingerprint density at radius 3 is 2.92 bits per heavy atom. The Morgan fingerprint density at radius 1 is 1.75 bits per heavy atom. The third kappa shape index (κ3) is 1.50. The van der Waals surface area contributed by atoms with Gasteiger partial charge >= 0.3 is 0 Å². The van der Waals surface area contributed by atoms with Gasteiger partial charge in [0.2, 0.25) is 11.9 Å². The second kappa shape index (κ2) is 3.17. The summed E-state index contributed by atoms with van der Waals surface area (Å²) in [5.41, 5.74) is 0.515. The smallest absolute Gasteiger partial charge is 0.282 e. The van der Waals surface area contributed by atoms with Gasteiger partial charge in [-0.15, -0.1) is 0 Å². The molecule has 0 aliphatic carbocycles. The predicted octanol–water partition coefficient (Wildman–Crippen LogP) is 0.682. The minimum Gasteiger partial charge on any atom is -0.285 e. The van der Waals surface area contributed by atoms with Gasteiger partial charge in [-0.2, -0.15) is 0 Å². The molecule has 0 atom stereocenters. The molecule has 1 rings (SSSR count). The fraction of sp³-hybridized carbons (Fsp3) is 0.286. The van der Waals surface area contributed by atoms with Crippen molar-refractivity contribution >= 4 is 5.69 Å². The fourth-order valence-electron chi connectivity index (χ4n) is 0.905. The third-order valence-corrected chi connectivity index (χ3v) is 1.57. The first-order chi connectivity index (χ1) is 5.65. The van der Waals surface area contributed by atoms with E-state index in [9.17, 15) is 10.1 Å². The van der Waals surface area contributed by atoms with Crippen molar-refractivity contribution in [3.8, 4) is 0 Å². The van der Waals surface area contributed by atoms with Crippen LogP contribution in [-0.2, 0) is 6.42 Å². The van der Waals surface area contributed by atoms with Crippen LogP contribution >= 0.6 is 0 Å². The number of rotatable bonds is 2. The Labute approximate surface area is 69.0 Å². The molecule has 0 unspecified atom stereocenters. The standard InChI is InChI=1S/C7H9N2O3/c1-2-6-5-7(9(11)12)3-4-8(6)10/h3-5,10H,2H2,1H3/q+1. The minimum atomic E-state index is -0.487. The van der Waals surface area contributed by atoms with Crippen molar-refractivity contribution in [3.05, 3.63) is 34.1 Å². The van der Waals surface area contributed by atoms with E-state index in [0.717, 1.165) is 4.73 Å². The van der Waals surface area contributed by atoms with E-state index in [-0.39, 0.29) is 5.69 Å².